The van der Waals surface area contributed by atoms with Gasteiger partial charge in [-0.1, -0.05) is 56.1 Å². The first kappa shape index (κ1) is 28.1. The van der Waals surface area contributed by atoms with Crippen LogP contribution in [0.25, 0.3) is 0 Å². The third-order valence-electron chi connectivity index (χ3n) is 7.54. The van der Waals surface area contributed by atoms with Crippen LogP contribution in [0.3, 0.4) is 0 Å². The zero-order valence-electron chi connectivity index (χ0n) is 22.4. The first-order valence-corrected chi connectivity index (χ1v) is 14.8. The molecule has 0 saturated carbocycles. The fourth-order valence-electron chi connectivity index (χ4n) is 5.42. The van der Waals surface area contributed by atoms with E-state index in [4.69, 9.17) is 9.47 Å². The van der Waals surface area contributed by atoms with Crippen molar-refractivity contribution < 1.29 is 14.3 Å². The minimum Gasteiger partial charge on any atom is -0.497 e. The van der Waals surface area contributed by atoms with E-state index in [-0.39, 0.29) is 18.0 Å². The molecule has 0 aliphatic carbocycles. The fourth-order valence-corrected chi connectivity index (χ4v) is 5.95. The molecular formula is C30H34Br2N4O3. The minimum atomic E-state index is -1.22. The number of nitrogens with one attached hydrogen (secondary N) is 2. The van der Waals surface area contributed by atoms with E-state index in [9.17, 15) is 4.79 Å². The SMILES string of the molecule is CCOc1cc(OC)ccc1C1(C(=O)N2CCN(C)CC2)NC(c2ccc(Br)cc2)C(c2ccc(Br)cc2)N1. The van der Waals surface area contributed by atoms with Crippen molar-refractivity contribution in [3.05, 3.63) is 92.4 Å². The smallest absolute Gasteiger partial charge is 0.262 e. The molecule has 2 aliphatic heterocycles. The number of likely N-dealkylation sites (N-methyl/N-ethyl adjacent to an activating group) is 1. The van der Waals surface area contributed by atoms with Crippen molar-refractivity contribution in [3.8, 4) is 11.5 Å². The van der Waals surface area contributed by atoms with Gasteiger partial charge >= 0.3 is 0 Å². The van der Waals surface area contributed by atoms with E-state index in [2.05, 4.69) is 78.7 Å². The molecule has 39 heavy (non-hydrogen) atoms. The number of methoxy groups -OCH3 is 1. The summed E-state index contributed by atoms with van der Waals surface area (Å²) in [5, 5.41) is 7.60. The molecule has 0 radical (unpaired) electrons. The van der Waals surface area contributed by atoms with E-state index in [1.807, 2.05) is 54.3 Å². The Balaban J connectivity index is 1.67. The van der Waals surface area contributed by atoms with Gasteiger partial charge in [-0.15, -0.1) is 0 Å². The Labute approximate surface area is 247 Å². The molecule has 0 bridgehead atoms. The van der Waals surface area contributed by atoms with E-state index in [0.29, 0.717) is 31.2 Å². The van der Waals surface area contributed by atoms with Gasteiger partial charge in [-0.2, -0.15) is 0 Å². The molecule has 0 aromatic heterocycles. The Hall–Kier alpha value is -2.43. The topological polar surface area (TPSA) is 66.1 Å². The molecule has 1 amide bonds. The fraction of sp³-hybridized carbons (Fsp3) is 0.367. The summed E-state index contributed by atoms with van der Waals surface area (Å²) in [5.74, 6) is 1.28. The van der Waals surface area contributed by atoms with Crippen LogP contribution in [0.5, 0.6) is 11.5 Å². The number of hydrogen-bond acceptors (Lipinski definition) is 6. The van der Waals surface area contributed by atoms with Crippen LogP contribution < -0.4 is 20.1 Å². The highest BCUT2D eigenvalue weighted by Crippen LogP contribution is 2.45. The van der Waals surface area contributed by atoms with Crippen molar-refractivity contribution >= 4 is 37.8 Å². The van der Waals surface area contributed by atoms with Crippen LogP contribution >= 0.6 is 31.9 Å². The molecular weight excluding hydrogens is 624 g/mol. The van der Waals surface area contributed by atoms with Gasteiger partial charge in [-0.05, 0) is 61.5 Å². The van der Waals surface area contributed by atoms with Gasteiger partial charge in [0.15, 0.2) is 5.66 Å². The van der Waals surface area contributed by atoms with Gasteiger partial charge in [0.2, 0.25) is 0 Å². The summed E-state index contributed by atoms with van der Waals surface area (Å²) < 4.78 is 13.7. The predicted octanol–water partition coefficient (Wildman–Crippen LogP) is 5.22. The Bertz CT molecular complexity index is 1240. The van der Waals surface area contributed by atoms with Crippen LogP contribution in [0.15, 0.2) is 75.7 Å². The molecule has 0 spiro atoms. The Morgan fingerprint density at radius 3 is 1.92 bits per heavy atom. The van der Waals surface area contributed by atoms with E-state index in [1.54, 1.807) is 7.11 Å². The third-order valence-corrected chi connectivity index (χ3v) is 8.60. The normalized spacial score (nSPS) is 23.6. The maximum Gasteiger partial charge on any atom is 0.262 e. The average molecular weight is 658 g/mol. The summed E-state index contributed by atoms with van der Waals surface area (Å²) in [6, 6.07) is 21.9. The third kappa shape index (κ3) is 5.74. The molecule has 2 saturated heterocycles. The molecule has 9 heteroatoms. The number of piperazine rings is 1. The molecule has 3 aromatic rings. The molecule has 2 atom stereocenters. The van der Waals surface area contributed by atoms with Crippen LogP contribution in [0.2, 0.25) is 0 Å². The number of hydrogen-bond donors (Lipinski definition) is 2. The molecule has 2 fully saturated rings. The van der Waals surface area contributed by atoms with E-state index in [1.165, 1.54) is 0 Å². The van der Waals surface area contributed by atoms with Crippen LogP contribution in [0.1, 0.15) is 35.7 Å². The number of carbonyl (C=O) groups excluding carboxylic acids is 1. The van der Waals surface area contributed by atoms with Crippen molar-refractivity contribution in [1.29, 1.82) is 0 Å². The maximum absolute atomic E-state index is 14.7. The highest BCUT2D eigenvalue weighted by Gasteiger charge is 2.54. The van der Waals surface area contributed by atoms with E-state index < -0.39 is 5.66 Å². The highest BCUT2D eigenvalue weighted by molar-refractivity contribution is 9.10. The Kier molecular flexibility index (Phi) is 8.63. The number of nitrogens with zero attached hydrogens (tertiary/aromatic N) is 2. The molecule has 2 heterocycles. The second-order valence-corrected chi connectivity index (χ2v) is 11.8. The summed E-state index contributed by atoms with van der Waals surface area (Å²) >= 11 is 7.13. The Morgan fingerprint density at radius 2 is 1.44 bits per heavy atom. The average Bonchev–Trinajstić information content (AvgIpc) is 3.35. The van der Waals surface area contributed by atoms with Crippen LogP contribution in [0, 0.1) is 0 Å². The lowest BCUT2D eigenvalue weighted by Crippen LogP contribution is -2.61. The summed E-state index contributed by atoms with van der Waals surface area (Å²) in [7, 11) is 3.72. The molecule has 2 aliphatic rings. The number of halogens is 2. The van der Waals surface area contributed by atoms with Gasteiger partial charge in [0.05, 0.1) is 25.8 Å². The number of ether oxygens (including phenoxy) is 2. The second kappa shape index (κ2) is 12.0. The highest BCUT2D eigenvalue weighted by atomic mass is 79.9. The van der Waals surface area contributed by atoms with Crippen molar-refractivity contribution in [2.24, 2.45) is 0 Å². The molecule has 7 nitrogen and oxygen atoms in total. The minimum absolute atomic E-state index is 0.0107. The number of benzene rings is 3. The van der Waals surface area contributed by atoms with Crippen molar-refractivity contribution in [2.75, 3.05) is 46.9 Å². The second-order valence-electron chi connectivity index (χ2n) is 9.99. The standard InChI is InChI=1S/C30H34Br2N4O3/c1-4-39-26-19-24(38-3)13-14-25(26)30(29(37)36-17-15-35(2)16-18-36)33-27(20-5-9-22(31)10-6-20)28(34-30)21-7-11-23(32)12-8-21/h5-14,19,27-28,33-34H,4,15-18H2,1-3H3. The van der Waals surface area contributed by atoms with Crippen LogP contribution in [0.4, 0.5) is 0 Å². The quantitative estimate of drug-likeness (QED) is 0.363. The van der Waals surface area contributed by atoms with Gasteiger partial charge in [-0.25, -0.2) is 0 Å². The van der Waals surface area contributed by atoms with Crippen molar-refractivity contribution in [1.82, 2.24) is 20.4 Å². The molecule has 2 unspecified atom stereocenters. The number of amides is 1. The molecule has 2 N–H and O–H groups in total. The number of rotatable bonds is 7. The molecule has 5 rings (SSSR count). The first-order chi connectivity index (χ1) is 18.8. The van der Waals surface area contributed by atoms with Gasteiger partial charge in [0, 0.05) is 46.8 Å². The molecule has 3 aromatic carbocycles. The maximum atomic E-state index is 14.7. The summed E-state index contributed by atoms with van der Waals surface area (Å²) in [5.41, 5.74) is 1.69. The Morgan fingerprint density at radius 1 is 0.897 bits per heavy atom. The van der Waals surface area contributed by atoms with Crippen molar-refractivity contribution in [2.45, 2.75) is 24.7 Å². The van der Waals surface area contributed by atoms with Crippen LogP contribution in [-0.4, -0.2) is 62.7 Å². The largest absolute Gasteiger partial charge is 0.497 e. The lowest BCUT2D eigenvalue weighted by atomic mass is 9.95. The monoisotopic (exact) mass is 656 g/mol. The summed E-state index contributed by atoms with van der Waals surface area (Å²) in [6.07, 6.45) is 0. The van der Waals surface area contributed by atoms with Gasteiger partial charge < -0.3 is 19.3 Å². The zero-order chi connectivity index (χ0) is 27.6. The van der Waals surface area contributed by atoms with E-state index in [0.717, 1.165) is 38.7 Å². The summed E-state index contributed by atoms with van der Waals surface area (Å²) in [6.45, 7) is 5.39. The predicted molar refractivity (Wildman–Crippen MR) is 160 cm³/mol. The molecule has 206 valence electrons. The first-order valence-electron chi connectivity index (χ1n) is 13.2. The number of carbonyl (C=O) groups is 1. The van der Waals surface area contributed by atoms with Gasteiger partial charge in [-0.3, -0.25) is 15.4 Å². The van der Waals surface area contributed by atoms with E-state index >= 15 is 0 Å². The van der Waals surface area contributed by atoms with Crippen molar-refractivity contribution in [3.63, 3.8) is 0 Å². The lowest BCUT2D eigenvalue weighted by molar-refractivity contribution is -0.141. The summed E-state index contributed by atoms with van der Waals surface area (Å²) in [4.78, 5) is 18.9. The zero-order valence-corrected chi connectivity index (χ0v) is 25.6. The lowest BCUT2D eigenvalue weighted by Gasteiger charge is -2.40. The van der Waals surface area contributed by atoms with Gasteiger partial charge in [0.1, 0.15) is 11.5 Å². The van der Waals surface area contributed by atoms with Crippen LogP contribution in [-0.2, 0) is 10.5 Å². The van der Waals surface area contributed by atoms with Gasteiger partial charge in [0.25, 0.3) is 5.91 Å².